The van der Waals surface area contributed by atoms with Gasteiger partial charge in [-0.2, -0.15) is 0 Å². The Labute approximate surface area is 149 Å². The summed E-state index contributed by atoms with van der Waals surface area (Å²) < 4.78 is 5.16. The summed E-state index contributed by atoms with van der Waals surface area (Å²) in [6.07, 6.45) is 4.75. The van der Waals surface area contributed by atoms with Gasteiger partial charge in [0.1, 0.15) is 12.6 Å². The first kappa shape index (κ1) is 17.8. The van der Waals surface area contributed by atoms with Gasteiger partial charge in [-0.25, -0.2) is 4.79 Å². The normalized spacial score (nSPS) is 22.9. The topological polar surface area (TPSA) is 107 Å². The molecule has 0 unspecified atom stereocenters. The number of nitrogens with zero attached hydrogens (tertiary/aromatic N) is 2. The van der Waals surface area contributed by atoms with Gasteiger partial charge in [0.15, 0.2) is 0 Å². The van der Waals surface area contributed by atoms with Crippen molar-refractivity contribution < 1.29 is 24.0 Å². The van der Waals surface area contributed by atoms with E-state index in [4.69, 9.17) is 4.74 Å². The number of ether oxygens (including phenoxy) is 1. The fraction of sp³-hybridized carbons (Fsp3) is 0.389. The number of carbonyl (C=O) groups is 3. The van der Waals surface area contributed by atoms with Gasteiger partial charge in [0, 0.05) is 12.1 Å². The number of fused-ring (bicyclic) bond motifs is 1. The first-order valence-electron chi connectivity index (χ1n) is 8.32. The Kier molecular flexibility index (Phi) is 4.83. The monoisotopic (exact) mass is 358 g/mol. The maximum atomic E-state index is 12.5. The zero-order valence-corrected chi connectivity index (χ0v) is 14.2. The van der Waals surface area contributed by atoms with Crippen LogP contribution in [0.5, 0.6) is 0 Å². The van der Waals surface area contributed by atoms with Crippen molar-refractivity contribution in [2.75, 3.05) is 0 Å². The molecule has 1 heterocycles. The van der Waals surface area contributed by atoms with Gasteiger partial charge in [0.2, 0.25) is 11.8 Å². The summed E-state index contributed by atoms with van der Waals surface area (Å²) in [6.45, 7) is 1.28. The summed E-state index contributed by atoms with van der Waals surface area (Å²) in [5.74, 6) is -2.21. The van der Waals surface area contributed by atoms with Crippen molar-refractivity contribution in [3.8, 4) is 0 Å². The van der Waals surface area contributed by atoms with Gasteiger partial charge in [-0.1, -0.05) is 24.3 Å². The van der Waals surface area contributed by atoms with Crippen LogP contribution in [0, 0.1) is 22.0 Å². The summed E-state index contributed by atoms with van der Waals surface area (Å²) in [5, 5.41) is 10.8. The molecule has 26 heavy (non-hydrogen) atoms. The number of allylic oxidation sites excluding steroid dienone is 2. The van der Waals surface area contributed by atoms with Crippen molar-refractivity contribution in [2.24, 2.45) is 11.8 Å². The van der Waals surface area contributed by atoms with E-state index in [1.165, 1.54) is 25.1 Å². The van der Waals surface area contributed by atoms with Crippen molar-refractivity contribution in [1.29, 1.82) is 0 Å². The Bertz CT molecular complexity index is 777. The summed E-state index contributed by atoms with van der Waals surface area (Å²) in [7, 11) is 0. The van der Waals surface area contributed by atoms with Gasteiger partial charge in [-0.05, 0) is 25.3 Å². The lowest BCUT2D eigenvalue weighted by Gasteiger charge is -2.21. The third-order valence-electron chi connectivity index (χ3n) is 4.77. The molecule has 2 aliphatic rings. The molecule has 8 nitrogen and oxygen atoms in total. The van der Waals surface area contributed by atoms with Crippen molar-refractivity contribution in [1.82, 2.24) is 4.90 Å². The maximum Gasteiger partial charge on any atom is 0.329 e. The lowest BCUT2D eigenvalue weighted by molar-refractivity contribution is -0.384. The van der Waals surface area contributed by atoms with Crippen LogP contribution in [0.25, 0.3) is 0 Å². The summed E-state index contributed by atoms with van der Waals surface area (Å²) in [4.78, 5) is 48.5. The Morgan fingerprint density at radius 3 is 2.46 bits per heavy atom. The molecule has 0 radical (unpaired) electrons. The number of carbonyl (C=O) groups excluding carboxylic acids is 3. The van der Waals surface area contributed by atoms with Crippen molar-refractivity contribution >= 4 is 23.5 Å². The van der Waals surface area contributed by atoms with Crippen LogP contribution < -0.4 is 0 Å². The summed E-state index contributed by atoms with van der Waals surface area (Å²) in [6, 6.07) is 4.71. The number of esters is 1. The van der Waals surface area contributed by atoms with E-state index in [2.05, 4.69) is 0 Å². The van der Waals surface area contributed by atoms with Crippen molar-refractivity contribution in [2.45, 2.75) is 32.4 Å². The van der Waals surface area contributed by atoms with Crippen LogP contribution in [-0.4, -0.2) is 33.6 Å². The number of imide groups is 1. The molecule has 3 atom stereocenters. The fourth-order valence-electron chi connectivity index (χ4n) is 3.35. The molecule has 1 aliphatic heterocycles. The molecular formula is C18H18N2O6. The number of benzene rings is 1. The van der Waals surface area contributed by atoms with E-state index in [0.717, 1.165) is 4.90 Å². The number of hydrogen-bond acceptors (Lipinski definition) is 6. The van der Waals surface area contributed by atoms with Crippen molar-refractivity contribution in [3.63, 3.8) is 0 Å². The molecular weight excluding hydrogens is 340 g/mol. The third-order valence-corrected chi connectivity index (χ3v) is 4.77. The van der Waals surface area contributed by atoms with E-state index in [1.54, 1.807) is 6.07 Å². The minimum absolute atomic E-state index is 0.104. The Hall–Kier alpha value is -3.03. The van der Waals surface area contributed by atoms with E-state index in [0.29, 0.717) is 18.4 Å². The number of amides is 2. The van der Waals surface area contributed by atoms with E-state index >= 15 is 0 Å². The highest BCUT2D eigenvalue weighted by Crippen LogP contribution is 2.36. The van der Waals surface area contributed by atoms with Crippen LogP contribution in [0.4, 0.5) is 5.69 Å². The molecule has 0 aromatic heterocycles. The Morgan fingerprint density at radius 2 is 1.88 bits per heavy atom. The number of rotatable bonds is 5. The van der Waals surface area contributed by atoms with Gasteiger partial charge in [0.05, 0.1) is 16.8 Å². The van der Waals surface area contributed by atoms with Gasteiger partial charge < -0.3 is 4.74 Å². The highest BCUT2D eigenvalue weighted by Gasteiger charge is 2.50. The predicted octanol–water partition coefficient (Wildman–Crippen LogP) is 1.98. The fourth-order valence-corrected chi connectivity index (χ4v) is 3.35. The van der Waals surface area contributed by atoms with Gasteiger partial charge in [0.25, 0.3) is 5.69 Å². The van der Waals surface area contributed by atoms with Crippen molar-refractivity contribution in [3.05, 3.63) is 52.1 Å². The molecule has 0 spiro atoms. The largest absolute Gasteiger partial charge is 0.459 e. The Balaban J connectivity index is 1.65. The molecule has 0 saturated carbocycles. The first-order valence-corrected chi connectivity index (χ1v) is 8.32. The highest BCUT2D eigenvalue weighted by molar-refractivity contribution is 6.08. The van der Waals surface area contributed by atoms with E-state index < -0.39 is 28.8 Å². The molecule has 0 bridgehead atoms. The molecule has 1 aromatic carbocycles. The molecule has 2 amide bonds. The molecule has 1 aliphatic carbocycles. The van der Waals surface area contributed by atoms with E-state index in [9.17, 15) is 24.5 Å². The summed E-state index contributed by atoms with van der Waals surface area (Å²) in [5.41, 5.74) is 0.352. The van der Waals surface area contributed by atoms with Gasteiger partial charge in [-0.15, -0.1) is 0 Å². The molecule has 0 N–H and O–H groups in total. The lowest BCUT2D eigenvalue weighted by Crippen LogP contribution is -2.44. The average Bonchev–Trinajstić information content (AvgIpc) is 2.90. The number of nitro groups is 1. The second-order valence-corrected chi connectivity index (χ2v) is 6.41. The SMILES string of the molecule is C[C@H](C(=O)OCc1cccc([N+](=O)[O-])c1)N1C(=O)[C@@H]2CC=CC[C@H]2C1=O. The highest BCUT2D eigenvalue weighted by atomic mass is 16.6. The molecule has 8 heteroatoms. The van der Waals surface area contributed by atoms with Crippen LogP contribution >= 0.6 is 0 Å². The predicted molar refractivity (Wildman–Crippen MR) is 89.6 cm³/mol. The first-order chi connectivity index (χ1) is 12.4. The van der Waals surface area contributed by atoms with Crippen LogP contribution in [0.15, 0.2) is 36.4 Å². The van der Waals surface area contributed by atoms with Gasteiger partial charge >= 0.3 is 5.97 Å². The second kappa shape index (κ2) is 7.07. The quantitative estimate of drug-likeness (QED) is 0.262. The molecule has 3 rings (SSSR count). The average molecular weight is 358 g/mol. The lowest BCUT2D eigenvalue weighted by atomic mass is 9.85. The number of hydrogen-bond donors (Lipinski definition) is 0. The van der Waals surface area contributed by atoms with Crippen LogP contribution in [-0.2, 0) is 25.7 Å². The van der Waals surface area contributed by atoms with Crippen LogP contribution in [0.3, 0.4) is 0 Å². The minimum Gasteiger partial charge on any atom is -0.459 e. The number of nitro benzene ring substituents is 1. The van der Waals surface area contributed by atoms with E-state index in [-0.39, 0.29) is 24.1 Å². The minimum atomic E-state index is -1.03. The molecule has 1 saturated heterocycles. The molecule has 136 valence electrons. The number of non-ortho nitro benzene ring substituents is 1. The molecule has 1 aromatic rings. The van der Waals surface area contributed by atoms with E-state index in [1.807, 2.05) is 12.2 Å². The molecule has 1 fully saturated rings. The van der Waals surface area contributed by atoms with Crippen LogP contribution in [0.1, 0.15) is 25.3 Å². The van der Waals surface area contributed by atoms with Gasteiger partial charge in [-0.3, -0.25) is 24.6 Å². The van der Waals surface area contributed by atoms with Crippen LogP contribution in [0.2, 0.25) is 0 Å². The smallest absolute Gasteiger partial charge is 0.329 e. The number of likely N-dealkylation sites (tertiary alicyclic amines) is 1. The second-order valence-electron chi connectivity index (χ2n) is 6.41. The summed E-state index contributed by atoms with van der Waals surface area (Å²) >= 11 is 0. The maximum absolute atomic E-state index is 12.5. The zero-order valence-electron chi connectivity index (χ0n) is 14.2. The standard InChI is InChI=1S/C18H18N2O6/c1-11(19-16(21)14-7-2-3-8-15(14)17(19)22)18(23)26-10-12-5-4-6-13(9-12)20(24)25/h2-6,9,11,14-15H,7-8,10H2,1H3/t11-,14-,15-/m1/s1. The third kappa shape index (κ3) is 3.22. The Morgan fingerprint density at radius 1 is 1.27 bits per heavy atom. The zero-order chi connectivity index (χ0) is 18.8.